The van der Waals surface area contributed by atoms with E-state index in [9.17, 15) is 18.0 Å². The van der Waals surface area contributed by atoms with Gasteiger partial charge in [0, 0.05) is 23.5 Å². The van der Waals surface area contributed by atoms with Gasteiger partial charge in [-0.3, -0.25) is 13.9 Å². The van der Waals surface area contributed by atoms with Crippen LogP contribution in [0.25, 0.3) is 0 Å². The molecule has 2 amide bonds. The number of hydrogen-bond acceptors (Lipinski definition) is 4. The van der Waals surface area contributed by atoms with Crippen LogP contribution in [0.5, 0.6) is 0 Å². The summed E-state index contributed by atoms with van der Waals surface area (Å²) in [6.07, 6.45) is 0.258. The SMILES string of the molecule is Cc1ccc(S(=O)(=O)N(CC(=O)N(Cc2cccc(Br)c2)C(Cc2ccccc2)C(=O)NC(C)C)c2cccc(C)c2)cc1. The molecule has 0 aliphatic carbocycles. The van der Waals surface area contributed by atoms with Crippen molar-refractivity contribution in [3.05, 3.63) is 130 Å². The summed E-state index contributed by atoms with van der Waals surface area (Å²) in [4.78, 5) is 29.8. The first-order valence-corrected chi connectivity index (χ1v) is 16.7. The Morgan fingerprint density at radius 1 is 0.795 bits per heavy atom. The van der Waals surface area contributed by atoms with Crippen molar-refractivity contribution in [3.63, 3.8) is 0 Å². The third-order valence-electron chi connectivity index (χ3n) is 7.12. The van der Waals surface area contributed by atoms with Gasteiger partial charge in [-0.2, -0.15) is 0 Å². The van der Waals surface area contributed by atoms with Crippen LogP contribution in [0.4, 0.5) is 5.69 Å². The molecule has 1 N–H and O–H groups in total. The summed E-state index contributed by atoms with van der Waals surface area (Å²) < 4.78 is 30.2. The average Bonchev–Trinajstić information content (AvgIpc) is 2.98. The van der Waals surface area contributed by atoms with Gasteiger partial charge >= 0.3 is 0 Å². The van der Waals surface area contributed by atoms with Crippen LogP contribution in [0.3, 0.4) is 0 Å². The third-order valence-corrected chi connectivity index (χ3v) is 9.40. The number of anilines is 1. The maximum Gasteiger partial charge on any atom is 0.264 e. The van der Waals surface area contributed by atoms with E-state index in [4.69, 9.17) is 0 Å². The summed E-state index contributed by atoms with van der Waals surface area (Å²) in [6.45, 7) is 7.10. The molecule has 7 nitrogen and oxygen atoms in total. The van der Waals surface area contributed by atoms with E-state index in [1.807, 2.05) is 88.4 Å². The van der Waals surface area contributed by atoms with Gasteiger partial charge in [-0.15, -0.1) is 0 Å². The van der Waals surface area contributed by atoms with Gasteiger partial charge in [-0.1, -0.05) is 88.2 Å². The lowest BCUT2D eigenvalue weighted by Crippen LogP contribution is -2.54. The van der Waals surface area contributed by atoms with Crippen LogP contribution in [-0.4, -0.2) is 43.8 Å². The normalized spacial score (nSPS) is 12.0. The molecule has 0 saturated carbocycles. The zero-order valence-electron chi connectivity index (χ0n) is 25.4. The van der Waals surface area contributed by atoms with Crippen LogP contribution in [-0.2, 0) is 32.6 Å². The van der Waals surface area contributed by atoms with Crippen molar-refractivity contribution in [1.82, 2.24) is 10.2 Å². The molecule has 9 heteroatoms. The van der Waals surface area contributed by atoms with E-state index in [1.165, 1.54) is 4.90 Å². The van der Waals surface area contributed by atoms with Crippen LogP contribution in [0.1, 0.15) is 36.1 Å². The monoisotopic (exact) mass is 675 g/mol. The maximum atomic E-state index is 14.5. The van der Waals surface area contributed by atoms with Crippen LogP contribution in [0.2, 0.25) is 0 Å². The Morgan fingerprint density at radius 2 is 1.45 bits per heavy atom. The summed E-state index contributed by atoms with van der Waals surface area (Å²) in [7, 11) is -4.14. The minimum Gasteiger partial charge on any atom is -0.352 e. The molecular formula is C35H38BrN3O4S. The van der Waals surface area contributed by atoms with Crippen molar-refractivity contribution < 1.29 is 18.0 Å². The summed E-state index contributed by atoms with van der Waals surface area (Å²) in [5, 5.41) is 2.98. The molecule has 4 rings (SSSR count). The van der Waals surface area contributed by atoms with Crippen molar-refractivity contribution in [2.45, 2.75) is 57.6 Å². The molecule has 0 radical (unpaired) electrons. The van der Waals surface area contributed by atoms with Crippen LogP contribution < -0.4 is 9.62 Å². The van der Waals surface area contributed by atoms with Gasteiger partial charge in [-0.25, -0.2) is 8.42 Å². The quantitative estimate of drug-likeness (QED) is 0.188. The number of amides is 2. The Bertz CT molecular complexity index is 1690. The Hall–Kier alpha value is -3.95. The minimum absolute atomic E-state index is 0.0781. The summed E-state index contributed by atoms with van der Waals surface area (Å²) in [5.41, 5.74) is 3.82. The molecular weight excluding hydrogens is 638 g/mol. The number of aryl methyl sites for hydroxylation is 2. The van der Waals surface area contributed by atoms with Gasteiger partial charge in [0.2, 0.25) is 11.8 Å². The highest BCUT2D eigenvalue weighted by Crippen LogP contribution is 2.26. The third kappa shape index (κ3) is 8.57. The highest BCUT2D eigenvalue weighted by molar-refractivity contribution is 9.10. The molecule has 4 aromatic rings. The molecule has 4 aromatic carbocycles. The molecule has 0 aliphatic rings. The number of carbonyl (C=O) groups is 2. The Kier molecular flexibility index (Phi) is 11.0. The number of rotatable bonds is 12. The fourth-order valence-electron chi connectivity index (χ4n) is 4.92. The number of carbonyl (C=O) groups excluding carboxylic acids is 2. The Labute approximate surface area is 269 Å². The van der Waals surface area contributed by atoms with E-state index < -0.39 is 28.5 Å². The van der Waals surface area contributed by atoms with Gasteiger partial charge < -0.3 is 10.2 Å². The lowest BCUT2D eigenvalue weighted by molar-refractivity contribution is -0.140. The van der Waals surface area contributed by atoms with Crippen LogP contribution in [0, 0.1) is 13.8 Å². The first-order chi connectivity index (χ1) is 20.9. The number of halogens is 1. The van der Waals surface area contributed by atoms with E-state index in [0.717, 1.165) is 31.0 Å². The van der Waals surface area contributed by atoms with Crippen molar-refractivity contribution >= 4 is 43.5 Å². The first-order valence-electron chi connectivity index (χ1n) is 14.5. The maximum absolute atomic E-state index is 14.5. The molecule has 0 aromatic heterocycles. The molecule has 1 atom stereocenters. The van der Waals surface area contributed by atoms with Crippen molar-refractivity contribution in [1.29, 1.82) is 0 Å². The first kappa shape index (κ1) is 33.0. The molecule has 0 fully saturated rings. The van der Waals surface area contributed by atoms with E-state index in [1.54, 1.807) is 42.5 Å². The van der Waals surface area contributed by atoms with Crippen LogP contribution >= 0.6 is 15.9 Å². The zero-order chi connectivity index (χ0) is 31.9. The van der Waals surface area contributed by atoms with E-state index in [-0.39, 0.29) is 29.8 Å². The predicted octanol–water partition coefficient (Wildman–Crippen LogP) is 6.43. The second kappa shape index (κ2) is 14.7. The van der Waals surface area contributed by atoms with Crippen molar-refractivity contribution in [2.75, 3.05) is 10.8 Å². The van der Waals surface area contributed by atoms with Gasteiger partial charge in [0.1, 0.15) is 12.6 Å². The highest BCUT2D eigenvalue weighted by atomic mass is 79.9. The molecule has 0 saturated heterocycles. The standard InChI is InChI=1S/C35H38BrN3O4S/c1-25(2)37-35(41)33(22-28-11-6-5-7-12-28)38(23-29-13-9-14-30(36)21-29)34(40)24-39(31-15-8-10-27(4)20-31)44(42,43)32-18-16-26(3)17-19-32/h5-21,25,33H,22-24H2,1-4H3,(H,37,41). The van der Waals surface area contributed by atoms with Crippen molar-refractivity contribution in [3.8, 4) is 0 Å². The molecule has 0 aliphatic heterocycles. The van der Waals surface area contributed by atoms with E-state index >= 15 is 0 Å². The fraction of sp³-hybridized carbons (Fsp3) is 0.257. The molecule has 230 valence electrons. The zero-order valence-corrected chi connectivity index (χ0v) is 27.8. The van der Waals surface area contributed by atoms with Crippen molar-refractivity contribution in [2.24, 2.45) is 0 Å². The molecule has 0 bridgehead atoms. The predicted molar refractivity (Wildman–Crippen MR) is 179 cm³/mol. The summed E-state index contributed by atoms with van der Waals surface area (Å²) in [5.74, 6) is -0.808. The lowest BCUT2D eigenvalue weighted by Gasteiger charge is -2.34. The number of nitrogens with one attached hydrogen (secondary N) is 1. The van der Waals surface area contributed by atoms with E-state index in [2.05, 4.69) is 21.2 Å². The number of sulfonamides is 1. The minimum atomic E-state index is -4.14. The summed E-state index contributed by atoms with van der Waals surface area (Å²) >= 11 is 3.51. The van der Waals surface area contributed by atoms with Gasteiger partial charge in [0.15, 0.2) is 0 Å². The average molecular weight is 677 g/mol. The molecule has 0 spiro atoms. The molecule has 0 heterocycles. The smallest absolute Gasteiger partial charge is 0.264 e. The topological polar surface area (TPSA) is 86.8 Å². The Morgan fingerprint density at radius 3 is 2.09 bits per heavy atom. The van der Waals surface area contributed by atoms with Crippen LogP contribution in [0.15, 0.2) is 112 Å². The van der Waals surface area contributed by atoms with Gasteiger partial charge in [-0.05, 0) is 80.8 Å². The van der Waals surface area contributed by atoms with Gasteiger partial charge in [0.25, 0.3) is 10.0 Å². The second-order valence-corrected chi connectivity index (χ2v) is 14.0. The Balaban J connectivity index is 1.81. The largest absolute Gasteiger partial charge is 0.352 e. The molecule has 1 unspecified atom stereocenters. The number of benzene rings is 4. The highest BCUT2D eigenvalue weighted by Gasteiger charge is 2.34. The fourth-order valence-corrected chi connectivity index (χ4v) is 6.77. The van der Waals surface area contributed by atoms with E-state index in [0.29, 0.717) is 5.69 Å². The number of hydrogen-bond donors (Lipinski definition) is 1. The number of nitrogens with zero attached hydrogens (tertiary/aromatic N) is 2. The molecule has 44 heavy (non-hydrogen) atoms. The lowest BCUT2D eigenvalue weighted by atomic mass is 10.0. The second-order valence-electron chi connectivity index (χ2n) is 11.2. The van der Waals surface area contributed by atoms with Gasteiger partial charge in [0.05, 0.1) is 10.6 Å². The summed E-state index contributed by atoms with van der Waals surface area (Å²) in [6, 6.07) is 29.6.